The van der Waals surface area contributed by atoms with E-state index >= 15 is 0 Å². The van der Waals surface area contributed by atoms with Gasteiger partial charge in [-0.25, -0.2) is 4.79 Å². The number of carbonyl (C=O) groups is 1. The highest BCUT2D eigenvalue weighted by atomic mass is 19.3. The monoisotopic (exact) mass is 406 g/mol. The molecule has 3 aromatic rings. The lowest BCUT2D eigenvalue weighted by atomic mass is 9.98. The van der Waals surface area contributed by atoms with E-state index in [2.05, 4.69) is 10.1 Å². The van der Waals surface area contributed by atoms with Crippen LogP contribution in [0.25, 0.3) is 11.1 Å². The van der Waals surface area contributed by atoms with E-state index in [1.165, 1.54) is 18.2 Å². The zero-order valence-electron chi connectivity index (χ0n) is 15.6. The van der Waals surface area contributed by atoms with Crippen LogP contribution in [0.4, 0.5) is 19.3 Å². The number of alkyl halides is 2. The van der Waals surface area contributed by atoms with Gasteiger partial charge in [-0.3, -0.25) is 5.32 Å². The fraction of sp³-hybridized carbons (Fsp3) is 0.130. The topological polar surface area (TPSA) is 71.4 Å². The lowest BCUT2D eigenvalue weighted by Crippen LogP contribution is -2.18. The summed E-state index contributed by atoms with van der Waals surface area (Å²) < 4.78 is 34.5. The molecule has 0 unspecified atom stereocenters. The number of rotatable bonds is 5. The number of amides is 1. The Morgan fingerprint density at radius 2 is 1.67 bits per heavy atom. The highest BCUT2D eigenvalue weighted by Crippen LogP contribution is 2.44. The molecule has 5 nitrogen and oxygen atoms in total. The molecular formula is C23H16F2N2O3. The Bertz CT molecular complexity index is 1100. The Balaban J connectivity index is 1.45. The van der Waals surface area contributed by atoms with Gasteiger partial charge in [-0.2, -0.15) is 14.0 Å². The minimum Gasteiger partial charge on any atom is -0.448 e. The first kappa shape index (κ1) is 19.4. The molecule has 0 aliphatic heterocycles. The lowest BCUT2D eigenvalue weighted by Gasteiger charge is -2.15. The molecule has 1 aliphatic rings. The van der Waals surface area contributed by atoms with Gasteiger partial charge in [-0.15, -0.1) is 0 Å². The van der Waals surface area contributed by atoms with E-state index in [1.54, 1.807) is 6.07 Å². The van der Waals surface area contributed by atoms with E-state index in [9.17, 15) is 13.6 Å². The second kappa shape index (κ2) is 8.21. The number of benzene rings is 3. The van der Waals surface area contributed by atoms with Crippen LogP contribution in [0.1, 0.15) is 22.6 Å². The fourth-order valence-electron chi connectivity index (χ4n) is 3.65. The summed E-state index contributed by atoms with van der Waals surface area (Å²) in [6.45, 7) is -2.91. The van der Waals surface area contributed by atoms with Gasteiger partial charge in [0.25, 0.3) is 0 Å². The predicted octanol–water partition coefficient (Wildman–Crippen LogP) is 5.52. The molecule has 0 radical (unpaired) electrons. The minimum absolute atomic E-state index is 0.0837. The Morgan fingerprint density at radius 3 is 2.27 bits per heavy atom. The number of hydrogen-bond acceptors (Lipinski definition) is 4. The van der Waals surface area contributed by atoms with E-state index in [0.29, 0.717) is 0 Å². The Kier molecular flexibility index (Phi) is 5.31. The van der Waals surface area contributed by atoms with Gasteiger partial charge in [0.2, 0.25) is 0 Å². The molecule has 1 N–H and O–H groups in total. The fourth-order valence-corrected chi connectivity index (χ4v) is 3.65. The van der Waals surface area contributed by atoms with Crippen LogP contribution in [0.3, 0.4) is 0 Å². The summed E-state index contributed by atoms with van der Waals surface area (Å²) in [5, 5.41) is 11.6. The summed E-state index contributed by atoms with van der Waals surface area (Å²) in [5.41, 5.74) is 4.54. The molecule has 0 aromatic heterocycles. The standard InChI is InChI=1S/C23H16F2N2O3/c24-22(25)30-21-10-9-15(11-14(21)12-26)27-23(28)29-13-20-18-7-3-1-5-16(18)17-6-2-4-8-19(17)20/h1-11,20,22H,13H2,(H,27,28). The molecule has 0 saturated heterocycles. The molecule has 0 bridgehead atoms. The van der Waals surface area contributed by atoms with E-state index in [0.717, 1.165) is 22.3 Å². The van der Waals surface area contributed by atoms with Crippen molar-refractivity contribution < 1.29 is 23.0 Å². The first-order valence-electron chi connectivity index (χ1n) is 9.18. The first-order valence-corrected chi connectivity index (χ1v) is 9.18. The van der Waals surface area contributed by atoms with Crippen molar-refractivity contribution in [2.24, 2.45) is 0 Å². The Hall–Kier alpha value is -3.92. The van der Waals surface area contributed by atoms with Crippen molar-refractivity contribution >= 4 is 11.8 Å². The van der Waals surface area contributed by atoms with E-state index in [4.69, 9.17) is 10.00 Å². The van der Waals surface area contributed by atoms with Gasteiger partial charge in [0.1, 0.15) is 18.4 Å². The SMILES string of the molecule is N#Cc1cc(NC(=O)OCC2c3ccccc3-c3ccccc32)ccc1OC(F)F. The summed E-state index contributed by atoms with van der Waals surface area (Å²) in [6, 6.07) is 21.5. The number of nitrogens with zero attached hydrogens (tertiary/aromatic N) is 1. The summed E-state index contributed by atoms with van der Waals surface area (Å²) >= 11 is 0. The van der Waals surface area contributed by atoms with Crippen molar-refractivity contribution in [1.29, 1.82) is 5.26 Å². The predicted molar refractivity (Wildman–Crippen MR) is 106 cm³/mol. The zero-order valence-corrected chi connectivity index (χ0v) is 15.6. The molecule has 0 fully saturated rings. The maximum Gasteiger partial charge on any atom is 0.411 e. The molecule has 0 spiro atoms. The molecule has 0 atom stereocenters. The van der Waals surface area contributed by atoms with Gasteiger partial charge in [-0.05, 0) is 40.5 Å². The van der Waals surface area contributed by atoms with E-state index in [-0.39, 0.29) is 29.5 Å². The maximum absolute atomic E-state index is 12.4. The third kappa shape index (κ3) is 3.80. The molecule has 7 heteroatoms. The van der Waals surface area contributed by atoms with Crippen LogP contribution in [0, 0.1) is 11.3 Å². The number of fused-ring (bicyclic) bond motifs is 3. The van der Waals surface area contributed by atoms with Crippen LogP contribution in [-0.4, -0.2) is 19.3 Å². The minimum atomic E-state index is -3.04. The van der Waals surface area contributed by atoms with Crippen molar-refractivity contribution in [2.75, 3.05) is 11.9 Å². The molecule has 150 valence electrons. The van der Waals surface area contributed by atoms with Crippen molar-refractivity contribution in [3.63, 3.8) is 0 Å². The van der Waals surface area contributed by atoms with Crippen LogP contribution in [0.2, 0.25) is 0 Å². The number of carbonyl (C=O) groups excluding carboxylic acids is 1. The van der Waals surface area contributed by atoms with Crippen LogP contribution in [0.15, 0.2) is 66.7 Å². The average Bonchev–Trinajstić information content (AvgIpc) is 3.07. The van der Waals surface area contributed by atoms with Crippen LogP contribution in [-0.2, 0) is 4.74 Å². The second-order valence-electron chi connectivity index (χ2n) is 6.65. The van der Waals surface area contributed by atoms with Crippen molar-refractivity contribution in [1.82, 2.24) is 0 Å². The summed E-state index contributed by atoms with van der Waals surface area (Å²) in [5.74, 6) is -0.342. The molecule has 0 heterocycles. The molecule has 1 amide bonds. The third-order valence-corrected chi connectivity index (χ3v) is 4.91. The van der Waals surface area contributed by atoms with E-state index < -0.39 is 12.7 Å². The van der Waals surface area contributed by atoms with Gasteiger partial charge in [0.05, 0.1) is 5.56 Å². The number of anilines is 1. The summed E-state index contributed by atoms with van der Waals surface area (Å²) in [6.07, 6.45) is -0.705. The van der Waals surface area contributed by atoms with Gasteiger partial charge >= 0.3 is 12.7 Å². The smallest absolute Gasteiger partial charge is 0.411 e. The molecule has 3 aromatic carbocycles. The van der Waals surface area contributed by atoms with Gasteiger partial charge in [0, 0.05) is 11.6 Å². The number of nitrogens with one attached hydrogen (secondary N) is 1. The number of hydrogen-bond donors (Lipinski definition) is 1. The number of halogens is 2. The van der Waals surface area contributed by atoms with Crippen molar-refractivity contribution in [3.8, 4) is 22.9 Å². The Labute approximate surface area is 171 Å². The summed E-state index contributed by atoms with van der Waals surface area (Å²) in [4.78, 5) is 12.3. The third-order valence-electron chi connectivity index (χ3n) is 4.91. The molecule has 1 aliphatic carbocycles. The van der Waals surface area contributed by atoms with Crippen molar-refractivity contribution in [3.05, 3.63) is 83.4 Å². The lowest BCUT2D eigenvalue weighted by molar-refractivity contribution is -0.0500. The van der Waals surface area contributed by atoms with Crippen LogP contribution >= 0.6 is 0 Å². The number of ether oxygens (including phenoxy) is 2. The molecule has 4 rings (SSSR count). The van der Waals surface area contributed by atoms with Crippen LogP contribution in [0.5, 0.6) is 5.75 Å². The van der Waals surface area contributed by atoms with Crippen LogP contribution < -0.4 is 10.1 Å². The first-order chi connectivity index (χ1) is 14.6. The largest absolute Gasteiger partial charge is 0.448 e. The molecular weight excluding hydrogens is 390 g/mol. The summed E-state index contributed by atoms with van der Waals surface area (Å²) in [7, 11) is 0. The van der Waals surface area contributed by atoms with Gasteiger partial charge in [-0.1, -0.05) is 48.5 Å². The molecule has 0 saturated carbocycles. The quantitative estimate of drug-likeness (QED) is 0.606. The molecule has 30 heavy (non-hydrogen) atoms. The zero-order chi connectivity index (χ0) is 21.1. The maximum atomic E-state index is 12.4. The number of nitriles is 1. The van der Waals surface area contributed by atoms with E-state index in [1.807, 2.05) is 48.5 Å². The van der Waals surface area contributed by atoms with Crippen molar-refractivity contribution in [2.45, 2.75) is 12.5 Å². The van der Waals surface area contributed by atoms with Gasteiger partial charge < -0.3 is 9.47 Å². The average molecular weight is 406 g/mol. The highest BCUT2D eigenvalue weighted by molar-refractivity contribution is 5.85. The second-order valence-corrected chi connectivity index (χ2v) is 6.65. The highest BCUT2D eigenvalue weighted by Gasteiger charge is 2.29. The normalized spacial score (nSPS) is 12.1. The van der Waals surface area contributed by atoms with Gasteiger partial charge in [0.15, 0.2) is 0 Å². The Morgan fingerprint density at radius 1 is 1.03 bits per heavy atom.